The minimum Gasteiger partial charge on any atom is -0.479 e. The third kappa shape index (κ3) is 17.3. The zero-order valence-electron chi connectivity index (χ0n) is 51.0. The van der Waals surface area contributed by atoms with Crippen LogP contribution in [0.4, 0.5) is 0 Å². The maximum Gasteiger partial charge on any atom is 0.335 e. The van der Waals surface area contributed by atoms with E-state index in [0.29, 0.717) is 25.8 Å². The standard InChI is InChI=1S/C53H89NO43/c54-4-2-1-3-5-82-46-30(73)25(68)35(14(8-57)85-46)89-52-34(77)41(95-50-29(72)22(65)24(67)43(97-50)45(80)81)38(17(11-60)88-52)92-51-32(75)39(19(62)13(7-56)84-51)93-48-31(74)26(69)36(15(9-58)86-48)90-53-33(76)40(94-49-28(71)21(64)23(66)42(96-49)44(78)79)37(16(10-59)87-53)91-47-27(70)20(63)18(61)12(6-55)83-47/h12-43,46-53,55-77H,1-11,54H2,(H,78,79)(H,80,81)/t12-,13-,14-,15-,16-,17-,18-,19-,20+,21+,22+,23+,24+,25-,26-,27-,28-,29-,30-,31-,32-,33+,34+,35-,36-,37-,38-,39+,40-,41-,42+,43+,46+,47+,48-,49+,50+,51+,52+,53+/m1/s1. The Bertz CT molecular complexity index is 2410. The highest BCUT2D eigenvalue weighted by Gasteiger charge is 2.61. The Hall–Kier alpha value is -2.66. The quantitative estimate of drug-likeness (QED) is 0.0324. The molecule has 564 valence electrons. The summed E-state index contributed by atoms with van der Waals surface area (Å²) in [6, 6.07) is 0. The van der Waals surface area contributed by atoms with Crippen LogP contribution in [-0.2, 0) is 85.4 Å². The molecule has 8 aliphatic rings. The van der Waals surface area contributed by atoms with Crippen LogP contribution < -0.4 is 5.73 Å². The van der Waals surface area contributed by atoms with Crippen LogP contribution in [0, 0.1) is 0 Å². The predicted octanol–water partition coefficient (Wildman–Crippen LogP) is -17.1. The molecule has 0 spiro atoms. The van der Waals surface area contributed by atoms with Crippen LogP contribution in [0.15, 0.2) is 0 Å². The van der Waals surface area contributed by atoms with Crippen molar-refractivity contribution in [1.82, 2.24) is 0 Å². The second-order valence-electron chi connectivity index (χ2n) is 24.1. The van der Waals surface area contributed by atoms with Crippen LogP contribution in [0.2, 0.25) is 0 Å². The molecule has 8 saturated heterocycles. The molecule has 0 aromatic carbocycles. The molecule has 27 N–H and O–H groups in total. The number of aliphatic carboxylic acids is 2. The molecule has 97 heavy (non-hydrogen) atoms. The minimum absolute atomic E-state index is 0.00465. The summed E-state index contributed by atoms with van der Waals surface area (Å²) in [6.45, 7) is -6.42. The van der Waals surface area contributed by atoms with Crippen LogP contribution in [0.25, 0.3) is 0 Å². The highest BCUT2D eigenvalue weighted by Crippen LogP contribution is 2.40. The van der Waals surface area contributed by atoms with E-state index >= 15 is 0 Å². The molecule has 0 radical (unpaired) electrons. The lowest BCUT2D eigenvalue weighted by atomic mass is 9.94. The molecule has 0 aromatic rings. The summed E-state index contributed by atoms with van der Waals surface area (Å²) >= 11 is 0. The summed E-state index contributed by atoms with van der Waals surface area (Å²) in [5.41, 5.74) is 5.53. The lowest BCUT2D eigenvalue weighted by Gasteiger charge is -2.51. The van der Waals surface area contributed by atoms with Crippen molar-refractivity contribution in [3.63, 3.8) is 0 Å². The Morgan fingerprint density at radius 1 is 0.268 bits per heavy atom. The fourth-order valence-electron chi connectivity index (χ4n) is 12.2. The Kier molecular flexibility index (Phi) is 29.1. The number of hydrogen-bond donors (Lipinski definition) is 26. The maximum atomic E-state index is 12.2. The van der Waals surface area contributed by atoms with E-state index in [2.05, 4.69) is 0 Å². The molecule has 8 fully saturated rings. The third-order valence-electron chi connectivity index (χ3n) is 17.7. The van der Waals surface area contributed by atoms with Crippen LogP contribution in [0.3, 0.4) is 0 Å². The van der Waals surface area contributed by atoms with Crippen LogP contribution >= 0.6 is 0 Å². The van der Waals surface area contributed by atoms with E-state index in [9.17, 15) is 137 Å². The fourth-order valence-corrected chi connectivity index (χ4v) is 12.2. The monoisotopic (exact) mass is 1430 g/mol. The Labute approximate surface area is 547 Å². The second kappa shape index (κ2) is 35.2. The van der Waals surface area contributed by atoms with Gasteiger partial charge >= 0.3 is 11.9 Å². The fraction of sp³-hybridized carbons (Fsp3) is 0.962. The van der Waals surface area contributed by atoms with E-state index in [1.807, 2.05) is 0 Å². The zero-order chi connectivity index (χ0) is 71.3. The number of ether oxygens (including phenoxy) is 16. The number of nitrogens with two attached hydrogens (primary N) is 1. The molecular formula is C53H89NO43. The van der Waals surface area contributed by atoms with Crippen molar-refractivity contribution in [3.05, 3.63) is 0 Å². The summed E-state index contributed by atoms with van der Waals surface area (Å²) in [7, 11) is 0. The number of aliphatic hydroxyl groups excluding tert-OH is 23. The van der Waals surface area contributed by atoms with Gasteiger partial charge in [0.2, 0.25) is 0 Å². The first-order chi connectivity index (χ1) is 46.0. The van der Waals surface area contributed by atoms with Gasteiger partial charge < -0.3 is 209 Å². The molecule has 40 atom stereocenters. The molecule has 0 amide bonds. The SMILES string of the molecule is NCCCCCO[C@H]1O[C@H](CO)[C@@H](O[C@@H]2O[C@H](CO)[C@@H](O[C@@H]3O[C@H](CO)[C@@H](O)[C@H](O[C@H]4O[C@H](CO)[C@@H](O[C@@H]5O[C@H](CO)[C@@H](O[C@@H]6O[C@H](CO)[C@@H](O)[C@H](O)[C@H]6O)[C@H](O[C@H]6O[C@H](C(=O)O)[C@@H](O)[C@H](O)[C@H]6O)[C@@H]5O)[C@H](O)[C@H]4O)[C@H]3O)[C@H](O[C@H]3O[C@H](C(=O)O)[C@@H](O)[C@H](O)[C@H]3O)[C@@H]2O)[C@H](O)[C@H]1O. The molecule has 8 heterocycles. The van der Waals surface area contributed by atoms with E-state index in [-0.39, 0.29) is 6.61 Å². The summed E-state index contributed by atoms with van der Waals surface area (Å²) in [5.74, 6) is -3.81. The number of carboxylic acid groups (broad SMARTS) is 2. The molecule has 44 nitrogen and oxygen atoms in total. The molecular weight excluding hydrogens is 1340 g/mol. The number of carbonyl (C=O) groups is 2. The number of carboxylic acids is 2. The van der Waals surface area contributed by atoms with E-state index in [0.717, 1.165) is 0 Å². The van der Waals surface area contributed by atoms with Gasteiger partial charge in [-0.1, -0.05) is 0 Å². The number of aliphatic hydroxyl groups is 23. The van der Waals surface area contributed by atoms with Gasteiger partial charge in [-0.15, -0.1) is 0 Å². The van der Waals surface area contributed by atoms with Gasteiger partial charge in [0.1, 0.15) is 183 Å². The van der Waals surface area contributed by atoms with Gasteiger partial charge in [0.15, 0.2) is 62.5 Å². The van der Waals surface area contributed by atoms with Gasteiger partial charge in [-0.3, -0.25) is 0 Å². The van der Waals surface area contributed by atoms with E-state index in [1.54, 1.807) is 0 Å². The number of rotatable bonds is 28. The molecule has 0 aliphatic carbocycles. The average Bonchev–Trinajstić information content (AvgIpc) is 0.769. The summed E-state index contributed by atoms with van der Waals surface area (Å²) in [6.07, 6.45) is -85.3. The van der Waals surface area contributed by atoms with Crippen molar-refractivity contribution in [2.24, 2.45) is 5.73 Å². The normalized spacial score (nSPS) is 50.1. The molecule has 0 saturated carbocycles. The van der Waals surface area contributed by atoms with Crippen molar-refractivity contribution in [2.45, 2.75) is 265 Å². The average molecular weight is 1430 g/mol. The van der Waals surface area contributed by atoms with Gasteiger partial charge in [0.25, 0.3) is 0 Å². The second-order valence-corrected chi connectivity index (χ2v) is 24.1. The van der Waals surface area contributed by atoms with Gasteiger partial charge in [-0.05, 0) is 25.8 Å². The largest absolute Gasteiger partial charge is 0.479 e. The third-order valence-corrected chi connectivity index (χ3v) is 17.7. The number of hydrogen-bond acceptors (Lipinski definition) is 42. The van der Waals surface area contributed by atoms with Gasteiger partial charge in [-0.25, -0.2) is 9.59 Å². The summed E-state index contributed by atoms with van der Waals surface area (Å²) in [5, 5.41) is 272. The van der Waals surface area contributed by atoms with Crippen molar-refractivity contribution in [2.75, 3.05) is 52.8 Å². The molecule has 0 aromatic heterocycles. The first kappa shape index (κ1) is 80.0. The van der Waals surface area contributed by atoms with Gasteiger partial charge in [0, 0.05) is 6.61 Å². The molecule has 0 unspecified atom stereocenters. The Morgan fingerprint density at radius 2 is 0.546 bits per heavy atom. The Morgan fingerprint density at radius 3 is 0.928 bits per heavy atom. The van der Waals surface area contributed by atoms with Crippen LogP contribution in [0.5, 0.6) is 0 Å². The van der Waals surface area contributed by atoms with Crippen molar-refractivity contribution < 1.29 is 213 Å². The highest BCUT2D eigenvalue weighted by atomic mass is 16.8. The summed E-state index contributed by atoms with van der Waals surface area (Å²) in [4.78, 5) is 24.2. The Balaban J connectivity index is 1.02. The maximum absolute atomic E-state index is 12.2. The van der Waals surface area contributed by atoms with E-state index < -0.39 is 297 Å². The summed E-state index contributed by atoms with van der Waals surface area (Å²) < 4.78 is 91.2. The van der Waals surface area contributed by atoms with Crippen LogP contribution in [0.1, 0.15) is 19.3 Å². The zero-order valence-corrected chi connectivity index (χ0v) is 51.0. The van der Waals surface area contributed by atoms with E-state index in [1.165, 1.54) is 0 Å². The van der Waals surface area contributed by atoms with Gasteiger partial charge in [0.05, 0.1) is 39.6 Å². The highest BCUT2D eigenvalue weighted by molar-refractivity contribution is 5.73. The van der Waals surface area contributed by atoms with Gasteiger partial charge in [-0.2, -0.15) is 0 Å². The smallest absolute Gasteiger partial charge is 0.335 e. The number of unbranched alkanes of at least 4 members (excludes halogenated alkanes) is 2. The minimum atomic E-state index is -2.47. The van der Waals surface area contributed by atoms with E-state index in [4.69, 9.17) is 81.5 Å². The predicted molar refractivity (Wildman–Crippen MR) is 292 cm³/mol. The van der Waals surface area contributed by atoms with Crippen molar-refractivity contribution in [3.8, 4) is 0 Å². The van der Waals surface area contributed by atoms with Crippen LogP contribution in [-0.4, -0.2) is 438 Å². The molecule has 8 aliphatic heterocycles. The lowest BCUT2D eigenvalue weighted by Crippen LogP contribution is -2.69. The lowest BCUT2D eigenvalue weighted by molar-refractivity contribution is -0.409. The first-order valence-corrected chi connectivity index (χ1v) is 30.8. The van der Waals surface area contributed by atoms with Crippen molar-refractivity contribution >= 4 is 11.9 Å². The molecule has 0 bridgehead atoms. The molecule has 8 rings (SSSR count). The first-order valence-electron chi connectivity index (χ1n) is 30.8. The topological polar surface area (TPSA) is 714 Å². The molecule has 44 heteroatoms. The van der Waals surface area contributed by atoms with Crippen molar-refractivity contribution in [1.29, 1.82) is 0 Å².